The van der Waals surface area contributed by atoms with Gasteiger partial charge >= 0.3 is 0 Å². The normalized spacial score (nSPS) is 27.5. The lowest BCUT2D eigenvalue weighted by Crippen LogP contribution is -2.45. The Kier molecular flexibility index (Phi) is 5.94. The van der Waals surface area contributed by atoms with E-state index in [9.17, 15) is 4.79 Å². The Bertz CT molecular complexity index is 567. The van der Waals surface area contributed by atoms with E-state index in [4.69, 9.17) is 0 Å². The molecule has 26 heavy (non-hydrogen) atoms. The molecule has 3 fully saturated rings. The van der Waals surface area contributed by atoms with Crippen molar-refractivity contribution >= 4 is 5.91 Å². The van der Waals surface area contributed by atoms with E-state index in [1.165, 1.54) is 50.6 Å². The first-order chi connectivity index (χ1) is 12.8. The number of amides is 1. The number of nitrogens with zero attached hydrogens (tertiary/aromatic N) is 1. The quantitative estimate of drug-likeness (QED) is 0.824. The molecule has 2 aliphatic carbocycles. The van der Waals surface area contributed by atoms with Gasteiger partial charge < -0.3 is 10.2 Å². The molecule has 3 heteroatoms. The molecule has 0 spiro atoms. The van der Waals surface area contributed by atoms with Crippen molar-refractivity contribution < 1.29 is 4.79 Å². The minimum atomic E-state index is 0.411. The highest BCUT2D eigenvalue weighted by molar-refractivity contribution is 5.76. The molecule has 0 atom stereocenters. The summed E-state index contributed by atoms with van der Waals surface area (Å²) in [4.78, 5) is 14.8. The van der Waals surface area contributed by atoms with Gasteiger partial charge in [0.15, 0.2) is 0 Å². The number of nitrogens with one attached hydrogen (secondary N) is 1. The third-order valence-electron chi connectivity index (χ3n) is 6.82. The minimum absolute atomic E-state index is 0.411. The van der Waals surface area contributed by atoms with Gasteiger partial charge in [-0.3, -0.25) is 4.79 Å². The van der Waals surface area contributed by atoms with Crippen molar-refractivity contribution in [2.24, 2.45) is 11.8 Å². The summed E-state index contributed by atoms with van der Waals surface area (Å²) in [6.07, 6.45) is 10.8. The van der Waals surface area contributed by atoms with Gasteiger partial charge in [0.05, 0.1) is 0 Å². The fourth-order valence-corrected chi connectivity index (χ4v) is 4.79. The summed E-state index contributed by atoms with van der Waals surface area (Å²) in [6, 6.07) is 11.6. The second-order valence-corrected chi connectivity index (χ2v) is 8.84. The average molecular weight is 355 g/mol. The van der Waals surface area contributed by atoms with Crippen molar-refractivity contribution in [2.75, 3.05) is 19.6 Å². The van der Waals surface area contributed by atoms with Gasteiger partial charge in [0, 0.05) is 25.6 Å². The van der Waals surface area contributed by atoms with E-state index in [0.29, 0.717) is 23.8 Å². The van der Waals surface area contributed by atoms with Crippen molar-refractivity contribution in [3.63, 3.8) is 0 Å². The maximum absolute atomic E-state index is 12.7. The molecule has 0 aromatic heterocycles. The molecular weight excluding hydrogens is 320 g/mol. The maximum Gasteiger partial charge on any atom is 0.222 e. The Morgan fingerprint density at radius 3 is 2.19 bits per heavy atom. The van der Waals surface area contributed by atoms with Gasteiger partial charge in [-0.1, -0.05) is 30.3 Å². The molecule has 1 saturated heterocycles. The number of carbonyl (C=O) groups excluding carboxylic acids is 1. The van der Waals surface area contributed by atoms with Crippen LogP contribution in [0.1, 0.15) is 69.3 Å². The zero-order valence-corrected chi connectivity index (χ0v) is 16.0. The molecule has 0 radical (unpaired) electrons. The van der Waals surface area contributed by atoms with Crippen LogP contribution in [-0.4, -0.2) is 36.5 Å². The zero-order valence-electron chi connectivity index (χ0n) is 16.0. The van der Waals surface area contributed by atoms with Crippen molar-refractivity contribution in [3.05, 3.63) is 35.9 Å². The molecule has 1 aromatic rings. The zero-order chi connectivity index (χ0) is 17.8. The Morgan fingerprint density at radius 2 is 1.54 bits per heavy atom. The van der Waals surface area contributed by atoms with Crippen LogP contribution in [0.5, 0.6) is 0 Å². The van der Waals surface area contributed by atoms with Crippen LogP contribution in [0.4, 0.5) is 0 Å². The van der Waals surface area contributed by atoms with Gasteiger partial charge in [-0.15, -0.1) is 0 Å². The summed E-state index contributed by atoms with van der Waals surface area (Å²) >= 11 is 0. The molecule has 1 aliphatic heterocycles. The fourth-order valence-electron chi connectivity index (χ4n) is 4.79. The first-order valence-electron chi connectivity index (χ1n) is 10.8. The lowest BCUT2D eigenvalue weighted by Gasteiger charge is -2.34. The molecule has 2 saturated carbocycles. The Labute approximate surface area is 158 Å². The van der Waals surface area contributed by atoms with Crippen molar-refractivity contribution in [1.82, 2.24) is 10.2 Å². The lowest BCUT2D eigenvalue weighted by molar-refractivity contribution is -0.133. The first kappa shape index (κ1) is 18.0. The third kappa shape index (κ3) is 4.88. The molecule has 3 nitrogen and oxygen atoms in total. The number of benzene rings is 1. The first-order valence-corrected chi connectivity index (χ1v) is 10.8. The van der Waals surface area contributed by atoms with Crippen LogP contribution in [0.3, 0.4) is 0 Å². The Hall–Kier alpha value is -1.35. The summed E-state index contributed by atoms with van der Waals surface area (Å²) in [7, 11) is 0. The largest absolute Gasteiger partial charge is 0.343 e. The molecular formula is C23H34N2O. The molecule has 1 amide bonds. The standard InChI is InChI=1S/C23H34N2O/c26-23(25-14-12-22(13-15-25)24-17-19-6-7-19)16-18-8-10-21(11-9-18)20-4-2-1-3-5-20/h1-5,18-19,21-22,24H,6-17H2. The predicted molar refractivity (Wildman–Crippen MR) is 106 cm³/mol. The van der Waals surface area contributed by atoms with Gasteiger partial charge in [0.25, 0.3) is 0 Å². The van der Waals surface area contributed by atoms with E-state index in [-0.39, 0.29) is 0 Å². The number of piperidine rings is 1. The molecule has 3 aliphatic rings. The van der Waals surface area contributed by atoms with Crippen molar-refractivity contribution in [3.8, 4) is 0 Å². The number of hydrogen-bond acceptors (Lipinski definition) is 2. The molecule has 0 bridgehead atoms. The minimum Gasteiger partial charge on any atom is -0.343 e. The van der Waals surface area contributed by atoms with E-state index >= 15 is 0 Å². The molecule has 142 valence electrons. The van der Waals surface area contributed by atoms with Crippen LogP contribution >= 0.6 is 0 Å². The highest BCUT2D eigenvalue weighted by atomic mass is 16.2. The van der Waals surface area contributed by atoms with Crippen LogP contribution in [0.2, 0.25) is 0 Å². The van der Waals surface area contributed by atoms with Gasteiger partial charge in [-0.25, -0.2) is 0 Å². The second kappa shape index (κ2) is 8.56. The van der Waals surface area contributed by atoms with E-state index in [2.05, 4.69) is 40.5 Å². The van der Waals surface area contributed by atoms with E-state index in [0.717, 1.165) is 38.3 Å². The predicted octanol–water partition coefficient (Wildman–Crippen LogP) is 4.34. The van der Waals surface area contributed by atoms with E-state index in [1.807, 2.05) is 0 Å². The summed E-state index contributed by atoms with van der Waals surface area (Å²) in [5, 5.41) is 3.71. The second-order valence-electron chi connectivity index (χ2n) is 8.84. The summed E-state index contributed by atoms with van der Waals surface area (Å²) < 4.78 is 0. The van der Waals surface area contributed by atoms with Crippen LogP contribution in [0, 0.1) is 11.8 Å². The number of carbonyl (C=O) groups is 1. The summed E-state index contributed by atoms with van der Waals surface area (Å²) in [5.74, 6) is 2.67. The highest BCUT2D eigenvalue weighted by Gasteiger charge is 2.28. The topological polar surface area (TPSA) is 32.3 Å². The smallest absolute Gasteiger partial charge is 0.222 e. The lowest BCUT2D eigenvalue weighted by atomic mass is 9.77. The monoisotopic (exact) mass is 354 g/mol. The average Bonchev–Trinajstić information content (AvgIpc) is 3.52. The SMILES string of the molecule is O=C(CC1CCC(c2ccccc2)CC1)N1CCC(NCC2CC2)CC1. The molecule has 0 unspecified atom stereocenters. The van der Waals surface area contributed by atoms with E-state index < -0.39 is 0 Å². The Morgan fingerprint density at radius 1 is 0.885 bits per heavy atom. The molecule has 4 rings (SSSR count). The summed E-state index contributed by atoms with van der Waals surface area (Å²) in [5.41, 5.74) is 1.48. The number of hydrogen-bond donors (Lipinski definition) is 1. The van der Waals surface area contributed by atoms with Gasteiger partial charge in [-0.05, 0) is 81.2 Å². The van der Waals surface area contributed by atoms with Crippen LogP contribution in [-0.2, 0) is 4.79 Å². The van der Waals surface area contributed by atoms with Crippen molar-refractivity contribution in [2.45, 2.75) is 69.7 Å². The summed E-state index contributed by atoms with van der Waals surface area (Å²) in [6.45, 7) is 3.12. The van der Waals surface area contributed by atoms with Crippen LogP contribution < -0.4 is 5.32 Å². The number of rotatable bonds is 6. The van der Waals surface area contributed by atoms with Crippen molar-refractivity contribution in [1.29, 1.82) is 0 Å². The van der Waals surface area contributed by atoms with E-state index in [1.54, 1.807) is 0 Å². The highest BCUT2D eigenvalue weighted by Crippen LogP contribution is 2.37. The Balaban J connectivity index is 1.16. The van der Waals surface area contributed by atoms with Gasteiger partial charge in [-0.2, -0.15) is 0 Å². The van der Waals surface area contributed by atoms with Crippen LogP contribution in [0.25, 0.3) is 0 Å². The van der Waals surface area contributed by atoms with Gasteiger partial charge in [0.2, 0.25) is 5.91 Å². The number of likely N-dealkylation sites (tertiary alicyclic amines) is 1. The fraction of sp³-hybridized carbons (Fsp3) is 0.696. The molecule has 1 heterocycles. The molecule has 1 aromatic carbocycles. The maximum atomic E-state index is 12.7. The van der Waals surface area contributed by atoms with Gasteiger partial charge in [0.1, 0.15) is 0 Å². The third-order valence-corrected chi connectivity index (χ3v) is 6.82. The van der Waals surface area contributed by atoms with Crippen LogP contribution in [0.15, 0.2) is 30.3 Å². The molecule has 1 N–H and O–H groups in total.